The summed E-state index contributed by atoms with van der Waals surface area (Å²) in [6.07, 6.45) is 6.80. The van der Waals surface area contributed by atoms with Crippen molar-refractivity contribution in [2.45, 2.75) is 64.8 Å². The summed E-state index contributed by atoms with van der Waals surface area (Å²) in [5.41, 5.74) is 5.72. The first kappa shape index (κ1) is 15.8. The molecule has 1 rings (SSSR count). The molecule has 5 heteroatoms. The van der Waals surface area contributed by atoms with E-state index in [9.17, 15) is 4.79 Å². The van der Waals surface area contributed by atoms with Crippen LogP contribution in [0.3, 0.4) is 0 Å². The second kappa shape index (κ2) is 8.02. The lowest BCUT2D eigenvalue weighted by atomic mass is 9.94. The largest absolute Gasteiger partial charge is 0.409 e. The normalized spacial score (nSPS) is 22.3. The van der Waals surface area contributed by atoms with Crippen LogP contribution in [0.5, 0.6) is 0 Å². The third-order valence-electron chi connectivity index (χ3n) is 3.99. The van der Waals surface area contributed by atoms with Crippen LogP contribution in [-0.2, 0) is 4.79 Å². The molecule has 0 aliphatic carbocycles. The maximum absolute atomic E-state index is 12.6. The molecule has 0 radical (unpaired) electrons. The second-order valence-electron chi connectivity index (χ2n) is 5.32. The number of carbonyl (C=O) groups excluding carboxylic acids is 1. The van der Waals surface area contributed by atoms with Crippen LogP contribution < -0.4 is 5.73 Å². The number of oxime groups is 1. The molecule has 2 unspecified atom stereocenters. The zero-order valence-electron chi connectivity index (χ0n) is 12.1. The third kappa shape index (κ3) is 4.11. The molecule has 1 heterocycles. The van der Waals surface area contributed by atoms with Crippen LogP contribution >= 0.6 is 0 Å². The van der Waals surface area contributed by atoms with Gasteiger partial charge in [0, 0.05) is 12.5 Å². The van der Waals surface area contributed by atoms with Crippen LogP contribution in [0.1, 0.15) is 58.8 Å². The van der Waals surface area contributed by atoms with Crippen LogP contribution in [0.4, 0.5) is 0 Å². The summed E-state index contributed by atoms with van der Waals surface area (Å²) in [5, 5.41) is 11.9. The molecule has 0 bridgehead atoms. The zero-order chi connectivity index (χ0) is 14.3. The topological polar surface area (TPSA) is 78.9 Å². The number of nitrogens with zero attached hydrogens (tertiary/aromatic N) is 2. The van der Waals surface area contributed by atoms with Gasteiger partial charge in [-0.3, -0.25) is 4.79 Å². The number of piperidine rings is 1. The van der Waals surface area contributed by atoms with E-state index in [2.05, 4.69) is 19.0 Å². The molecule has 1 amide bonds. The van der Waals surface area contributed by atoms with Gasteiger partial charge in [-0.15, -0.1) is 0 Å². The molecule has 1 aliphatic rings. The van der Waals surface area contributed by atoms with Gasteiger partial charge in [0.1, 0.15) is 0 Å². The Morgan fingerprint density at radius 3 is 2.79 bits per heavy atom. The number of hydrogen-bond donors (Lipinski definition) is 2. The molecule has 5 nitrogen and oxygen atoms in total. The van der Waals surface area contributed by atoms with Gasteiger partial charge >= 0.3 is 0 Å². The lowest BCUT2D eigenvalue weighted by Gasteiger charge is -2.37. The van der Waals surface area contributed by atoms with Crippen molar-refractivity contribution in [3.8, 4) is 0 Å². The summed E-state index contributed by atoms with van der Waals surface area (Å²) < 4.78 is 0. The summed E-state index contributed by atoms with van der Waals surface area (Å²) in [6.45, 7) is 4.92. The molecule has 0 aromatic carbocycles. The summed E-state index contributed by atoms with van der Waals surface area (Å²) in [7, 11) is 0. The van der Waals surface area contributed by atoms with Gasteiger partial charge in [0.05, 0.1) is 6.04 Å². The lowest BCUT2D eigenvalue weighted by Crippen LogP contribution is -2.52. The SMILES string of the molecule is CCCCC(CC)C(=O)N1CCCCC1C(N)=NO. The van der Waals surface area contributed by atoms with E-state index in [1.807, 2.05) is 4.90 Å². The Hall–Kier alpha value is -1.26. The van der Waals surface area contributed by atoms with Crippen molar-refractivity contribution < 1.29 is 10.0 Å². The van der Waals surface area contributed by atoms with Crippen molar-refractivity contribution in [1.82, 2.24) is 4.90 Å². The minimum atomic E-state index is -0.220. The van der Waals surface area contributed by atoms with Crippen LogP contribution in [-0.4, -0.2) is 34.4 Å². The Balaban J connectivity index is 2.75. The molecule has 2 atom stereocenters. The molecule has 1 aliphatic heterocycles. The molecule has 1 saturated heterocycles. The smallest absolute Gasteiger partial charge is 0.226 e. The van der Waals surface area contributed by atoms with Crippen molar-refractivity contribution in [2.24, 2.45) is 16.8 Å². The Morgan fingerprint density at radius 2 is 2.21 bits per heavy atom. The van der Waals surface area contributed by atoms with Crippen molar-refractivity contribution in [3.05, 3.63) is 0 Å². The van der Waals surface area contributed by atoms with Crippen LogP contribution in [0.25, 0.3) is 0 Å². The number of likely N-dealkylation sites (tertiary alicyclic amines) is 1. The van der Waals surface area contributed by atoms with Crippen molar-refractivity contribution in [3.63, 3.8) is 0 Å². The minimum Gasteiger partial charge on any atom is -0.409 e. The molecule has 0 spiro atoms. The maximum Gasteiger partial charge on any atom is 0.226 e. The number of amidine groups is 1. The fourth-order valence-corrected chi connectivity index (χ4v) is 2.76. The van der Waals surface area contributed by atoms with E-state index in [0.717, 1.165) is 51.5 Å². The predicted molar refractivity (Wildman–Crippen MR) is 76.1 cm³/mol. The summed E-state index contributed by atoms with van der Waals surface area (Å²) in [5.74, 6) is 0.415. The maximum atomic E-state index is 12.6. The fraction of sp³-hybridized carbons (Fsp3) is 0.857. The van der Waals surface area contributed by atoms with E-state index in [1.165, 1.54) is 0 Å². The minimum absolute atomic E-state index is 0.0760. The lowest BCUT2D eigenvalue weighted by molar-refractivity contribution is -0.138. The highest BCUT2D eigenvalue weighted by Gasteiger charge is 2.32. The monoisotopic (exact) mass is 269 g/mol. The third-order valence-corrected chi connectivity index (χ3v) is 3.99. The molecular formula is C14H27N3O2. The first-order chi connectivity index (χ1) is 9.15. The first-order valence-corrected chi connectivity index (χ1v) is 7.43. The van der Waals surface area contributed by atoms with E-state index in [4.69, 9.17) is 10.9 Å². The van der Waals surface area contributed by atoms with Gasteiger partial charge in [-0.1, -0.05) is 31.8 Å². The highest BCUT2D eigenvalue weighted by atomic mass is 16.4. The van der Waals surface area contributed by atoms with Gasteiger partial charge in [-0.25, -0.2) is 0 Å². The van der Waals surface area contributed by atoms with Gasteiger partial charge in [-0.2, -0.15) is 0 Å². The number of amides is 1. The second-order valence-corrected chi connectivity index (χ2v) is 5.32. The van der Waals surface area contributed by atoms with Crippen LogP contribution in [0.15, 0.2) is 5.16 Å². The zero-order valence-corrected chi connectivity index (χ0v) is 12.1. The number of rotatable bonds is 6. The van der Waals surface area contributed by atoms with Gasteiger partial charge in [0.15, 0.2) is 5.84 Å². The predicted octanol–water partition coefficient (Wildman–Crippen LogP) is 2.33. The summed E-state index contributed by atoms with van der Waals surface area (Å²) >= 11 is 0. The first-order valence-electron chi connectivity index (χ1n) is 7.43. The number of nitrogens with two attached hydrogens (primary N) is 1. The van der Waals surface area contributed by atoms with Crippen molar-refractivity contribution in [2.75, 3.05) is 6.54 Å². The van der Waals surface area contributed by atoms with Crippen LogP contribution in [0.2, 0.25) is 0 Å². The van der Waals surface area contributed by atoms with E-state index in [1.54, 1.807) is 0 Å². The number of carbonyl (C=O) groups is 1. The van der Waals surface area contributed by atoms with Gasteiger partial charge in [0.2, 0.25) is 5.91 Å². The van der Waals surface area contributed by atoms with Crippen molar-refractivity contribution in [1.29, 1.82) is 0 Å². The molecule has 19 heavy (non-hydrogen) atoms. The molecule has 0 aromatic heterocycles. The van der Waals surface area contributed by atoms with E-state index in [-0.39, 0.29) is 23.7 Å². The molecule has 0 aromatic rings. The molecule has 0 saturated carbocycles. The Kier molecular flexibility index (Phi) is 6.67. The van der Waals surface area contributed by atoms with E-state index < -0.39 is 0 Å². The van der Waals surface area contributed by atoms with Crippen molar-refractivity contribution >= 4 is 11.7 Å². The Bertz CT molecular complexity index is 318. The van der Waals surface area contributed by atoms with Gasteiger partial charge in [-0.05, 0) is 32.1 Å². The van der Waals surface area contributed by atoms with Gasteiger partial charge < -0.3 is 15.8 Å². The average Bonchev–Trinajstić information content (AvgIpc) is 2.47. The fourth-order valence-electron chi connectivity index (χ4n) is 2.76. The Labute approximate surface area is 115 Å². The van der Waals surface area contributed by atoms with E-state index in [0.29, 0.717) is 0 Å². The molecular weight excluding hydrogens is 242 g/mol. The number of unbranched alkanes of at least 4 members (excludes halogenated alkanes) is 1. The van der Waals surface area contributed by atoms with Gasteiger partial charge in [0.25, 0.3) is 0 Å². The van der Waals surface area contributed by atoms with Crippen LogP contribution in [0, 0.1) is 5.92 Å². The summed E-state index contributed by atoms with van der Waals surface area (Å²) in [4.78, 5) is 14.4. The molecule has 110 valence electrons. The highest BCUT2D eigenvalue weighted by molar-refractivity contribution is 5.90. The highest BCUT2D eigenvalue weighted by Crippen LogP contribution is 2.23. The standard InChI is InChI=1S/C14H27N3O2/c1-3-5-8-11(4-2)14(18)17-10-7-6-9-12(17)13(15)16-19/h11-12,19H,3-10H2,1-2H3,(H2,15,16). The van der Waals surface area contributed by atoms with E-state index >= 15 is 0 Å². The summed E-state index contributed by atoms with van der Waals surface area (Å²) in [6, 6.07) is -0.220. The molecule has 1 fully saturated rings. The molecule has 3 N–H and O–H groups in total. The Morgan fingerprint density at radius 1 is 1.47 bits per heavy atom. The average molecular weight is 269 g/mol. The quantitative estimate of drug-likeness (QED) is 0.336. The number of hydrogen-bond acceptors (Lipinski definition) is 3.